The number of halogens is 1. The Morgan fingerprint density at radius 2 is 2.15 bits per heavy atom. The molecule has 0 aromatic heterocycles. The zero-order valence-corrected chi connectivity index (χ0v) is 13.2. The Balaban J connectivity index is 3.28. The zero-order valence-electron chi connectivity index (χ0n) is 11.6. The highest BCUT2D eigenvalue weighted by Crippen LogP contribution is 2.28. The van der Waals surface area contributed by atoms with Gasteiger partial charge in [-0.25, -0.2) is 8.42 Å². The van der Waals surface area contributed by atoms with Crippen molar-refractivity contribution in [1.82, 2.24) is 4.31 Å². The Hall–Kier alpha value is -1.08. The summed E-state index contributed by atoms with van der Waals surface area (Å²) in [6, 6.07) is 2.94. The molecule has 0 amide bonds. The van der Waals surface area contributed by atoms with E-state index in [0.717, 1.165) is 0 Å². The van der Waals surface area contributed by atoms with E-state index in [4.69, 9.17) is 22.1 Å². The first-order valence-electron chi connectivity index (χ1n) is 6.00. The molecule has 0 spiro atoms. The average Bonchev–Trinajstić information content (AvgIpc) is 2.38. The molecule has 5 nitrogen and oxygen atoms in total. The number of nitrogens with two attached hydrogens (primary N) is 1. The molecule has 2 N–H and O–H groups in total. The van der Waals surface area contributed by atoms with Crippen LogP contribution >= 0.6 is 11.6 Å². The van der Waals surface area contributed by atoms with Crippen LogP contribution in [0.15, 0.2) is 29.7 Å². The van der Waals surface area contributed by atoms with Gasteiger partial charge in [-0.1, -0.05) is 17.7 Å². The molecule has 1 rings (SSSR count). The van der Waals surface area contributed by atoms with Crippen molar-refractivity contribution < 1.29 is 13.2 Å². The topological polar surface area (TPSA) is 72.6 Å². The van der Waals surface area contributed by atoms with Crippen LogP contribution in [-0.4, -0.2) is 39.5 Å². The van der Waals surface area contributed by atoms with Crippen molar-refractivity contribution in [1.29, 1.82) is 0 Å². The first-order chi connectivity index (χ1) is 9.34. The van der Waals surface area contributed by atoms with Gasteiger partial charge in [-0.2, -0.15) is 4.31 Å². The molecule has 0 saturated heterocycles. The summed E-state index contributed by atoms with van der Waals surface area (Å²) in [4.78, 5) is 0.112. The van der Waals surface area contributed by atoms with Gasteiger partial charge in [0.1, 0.15) is 0 Å². The molecule has 1 aromatic carbocycles. The van der Waals surface area contributed by atoms with Gasteiger partial charge in [0.2, 0.25) is 10.0 Å². The third-order valence-electron chi connectivity index (χ3n) is 2.86. The number of anilines is 1. The molecule has 20 heavy (non-hydrogen) atoms. The molecule has 0 aliphatic carbocycles. The Labute approximate surface area is 125 Å². The number of nitrogens with zero attached hydrogens (tertiary/aromatic N) is 1. The molecule has 0 heterocycles. The maximum Gasteiger partial charge on any atom is 0.243 e. The summed E-state index contributed by atoms with van der Waals surface area (Å²) in [6.07, 6.45) is 1.52. The SMILES string of the molecule is C=CCN(CCOC)S(=O)(=O)c1cc(Cl)cc(N)c1C. The van der Waals surface area contributed by atoms with E-state index in [9.17, 15) is 8.42 Å². The van der Waals surface area contributed by atoms with E-state index >= 15 is 0 Å². The van der Waals surface area contributed by atoms with Crippen molar-refractivity contribution in [3.8, 4) is 0 Å². The second-order valence-corrected chi connectivity index (χ2v) is 6.61. The number of ether oxygens (including phenoxy) is 1. The number of hydrogen-bond acceptors (Lipinski definition) is 4. The minimum Gasteiger partial charge on any atom is -0.398 e. The standard InChI is InChI=1S/C13H19ClN2O3S/c1-4-5-16(6-7-19-3)20(17,18)13-9-11(14)8-12(15)10(13)2/h4,8-9H,1,5-7,15H2,2-3H3. The van der Waals surface area contributed by atoms with Crippen LogP contribution in [-0.2, 0) is 14.8 Å². The van der Waals surface area contributed by atoms with Crippen LogP contribution in [0, 0.1) is 6.92 Å². The Bertz CT molecular complexity index is 588. The van der Waals surface area contributed by atoms with Gasteiger partial charge in [0, 0.05) is 30.9 Å². The molecule has 0 saturated carbocycles. The summed E-state index contributed by atoms with van der Waals surface area (Å²) in [6.45, 7) is 5.95. The fourth-order valence-electron chi connectivity index (χ4n) is 1.73. The number of methoxy groups -OCH3 is 1. The molecule has 0 unspecified atom stereocenters. The zero-order chi connectivity index (χ0) is 15.3. The van der Waals surface area contributed by atoms with Gasteiger partial charge in [-0.05, 0) is 24.6 Å². The molecular weight excluding hydrogens is 300 g/mol. The summed E-state index contributed by atoms with van der Waals surface area (Å²) in [5, 5.41) is 0.289. The predicted molar refractivity (Wildman–Crippen MR) is 81.4 cm³/mol. The largest absolute Gasteiger partial charge is 0.398 e. The third-order valence-corrected chi connectivity index (χ3v) is 5.07. The van der Waals surface area contributed by atoms with E-state index < -0.39 is 10.0 Å². The minimum atomic E-state index is -3.69. The molecule has 112 valence electrons. The van der Waals surface area contributed by atoms with Gasteiger partial charge in [-0.15, -0.1) is 6.58 Å². The molecule has 7 heteroatoms. The highest BCUT2D eigenvalue weighted by Gasteiger charge is 2.26. The van der Waals surface area contributed by atoms with Crippen LogP contribution in [0.5, 0.6) is 0 Å². The van der Waals surface area contributed by atoms with Crippen LogP contribution in [0.25, 0.3) is 0 Å². The lowest BCUT2D eigenvalue weighted by atomic mass is 10.2. The molecular formula is C13H19ClN2O3S. The number of sulfonamides is 1. The van der Waals surface area contributed by atoms with Crippen LogP contribution < -0.4 is 5.73 Å². The maximum atomic E-state index is 12.7. The summed E-state index contributed by atoms with van der Waals surface area (Å²) in [7, 11) is -2.18. The summed E-state index contributed by atoms with van der Waals surface area (Å²) < 4.78 is 31.5. The Kier molecular flexibility index (Phi) is 6.01. The molecule has 0 aliphatic rings. The number of nitrogen functional groups attached to an aromatic ring is 1. The van der Waals surface area contributed by atoms with Gasteiger partial charge < -0.3 is 10.5 Å². The molecule has 0 atom stereocenters. The van der Waals surface area contributed by atoms with Crippen molar-refractivity contribution in [3.05, 3.63) is 35.4 Å². The van der Waals surface area contributed by atoms with Crippen molar-refractivity contribution >= 4 is 27.3 Å². The lowest BCUT2D eigenvalue weighted by Gasteiger charge is -2.22. The van der Waals surface area contributed by atoms with Crippen molar-refractivity contribution in [2.45, 2.75) is 11.8 Å². The fraction of sp³-hybridized carbons (Fsp3) is 0.385. The van der Waals surface area contributed by atoms with Crippen molar-refractivity contribution in [2.24, 2.45) is 0 Å². The van der Waals surface area contributed by atoms with Crippen molar-refractivity contribution in [2.75, 3.05) is 32.5 Å². The number of rotatable bonds is 7. The Morgan fingerprint density at radius 3 is 2.70 bits per heavy atom. The fourth-order valence-corrected chi connectivity index (χ4v) is 3.69. The van der Waals surface area contributed by atoms with Crippen LogP contribution in [0.1, 0.15) is 5.56 Å². The molecule has 0 fully saturated rings. The van der Waals surface area contributed by atoms with E-state index in [0.29, 0.717) is 17.9 Å². The lowest BCUT2D eigenvalue weighted by molar-refractivity contribution is 0.182. The quantitative estimate of drug-likeness (QED) is 0.617. The predicted octanol–water partition coefficient (Wildman–Crippen LogP) is 2.05. The van der Waals surface area contributed by atoms with E-state index in [-0.39, 0.29) is 23.0 Å². The second kappa shape index (κ2) is 7.08. The van der Waals surface area contributed by atoms with Crippen molar-refractivity contribution in [3.63, 3.8) is 0 Å². The number of benzene rings is 1. The van der Waals surface area contributed by atoms with Crippen LogP contribution in [0.2, 0.25) is 5.02 Å². The lowest BCUT2D eigenvalue weighted by Crippen LogP contribution is -2.34. The third kappa shape index (κ3) is 3.73. The van der Waals surface area contributed by atoms with Gasteiger partial charge in [0.25, 0.3) is 0 Å². The average molecular weight is 319 g/mol. The van der Waals surface area contributed by atoms with E-state index in [1.54, 1.807) is 6.92 Å². The molecule has 0 aliphatic heterocycles. The molecule has 0 radical (unpaired) electrons. The highest BCUT2D eigenvalue weighted by molar-refractivity contribution is 7.89. The normalized spacial score (nSPS) is 11.8. The van der Waals surface area contributed by atoms with Gasteiger partial charge in [0.15, 0.2) is 0 Å². The van der Waals surface area contributed by atoms with Crippen LogP contribution in [0.3, 0.4) is 0 Å². The summed E-state index contributed by atoms with van der Waals surface area (Å²) in [5.41, 5.74) is 6.62. The second-order valence-electron chi connectivity index (χ2n) is 4.26. The molecule has 0 bridgehead atoms. The summed E-state index contributed by atoms with van der Waals surface area (Å²) in [5.74, 6) is 0. The number of hydrogen-bond donors (Lipinski definition) is 1. The van der Waals surface area contributed by atoms with Gasteiger partial charge in [-0.3, -0.25) is 0 Å². The van der Waals surface area contributed by atoms with Gasteiger partial charge in [0.05, 0.1) is 11.5 Å². The van der Waals surface area contributed by atoms with Crippen LogP contribution in [0.4, 0.5) is 5.69 Å². The van der Waals surface area contributed by atoms with E-state index in [1.807, 2.05) is 0 Å². The monoisotopic (exact) mass is 318 g/mol. The van der Waals surface area contributed by atoms with Gasteiger partial charge >= 0.3 is 0 Å². The summed E-state index contributed by atoms with van der Waals surface area (Å²) >= 11 is 5.91. The minimum absolute atomic E-state index is 0.112. The maximum absolute atomic E-state index is 12.7. The van der Waals surface area contributed by atoms with E-state index in [1.165, 1.54) is 29.6 Å². The molecule has 1 aromatic rings. The Morgan fingerprint density at radius 1 is 1.50 bits per heavy atom. The first kappa shape index (κ1) is 17.0. The first-order valence-corrected chi connectivity index (χ1v) is 7.82. The smallest absolute Gasteiger partial charge is 0.243 e. The van der Waals surface area contributed by atoms with E-state index in [2.05, 4.69) is 6.58 Å². The highest BCUT2D eigenvalue weighted by atomic mass is 35.5.